The number of carbonyl (C=O) groups is 2. The zero-order valence-electron chi connectivity index (χ0n) is 15.0. The molecule has 1 amide bonds. The van der Waals surface area contributed by atoms with E-state index in [1.807, 2.05) is 0 Å². The van der Waals surface area contributed by atoms with E-state index in [-0.39, 0.29) is 37.9 Å². The first-order valence-corrected chi connectivity index (χ1v) is 7.86. The maximum atomic E-state index is 12.0. The molecule has 0 aromatic carbocycles. The van der Waals surface area contributed by atoms with Crippen molar-refractivity contribution in [2.24, 2.45) is 5.92 Å². The molecule has 0 aromatic heterocycles. The summed E-state index contributed by atoms with van der Waals surface area (Å²) in [4.78, 5) is 32.8. The smallest absolute Gasteiger partial charge is 0.471 e. The van der Waals surface area contributed by atoms with Crippen LogP contribution in [0.4, 0.5) is 13.2 Å². The number of hydrogen-bond donors (Lipinski definition) is 1. The van der Waals surface area contributed by atoms with Crippen molar-refractivity contribution >= 4 is 11.9 Å². The van der Waals surface area contributed by atoms with Gasteiger partial charge in [0, 0.05) is 17.5 Å². The van der Waals surface area contributed by atoms with E-state index < -0.39 is 34.9 Å². The number of hydrogen-bond acceptors (Lipinski definition) is 8. The van der Waals surface area contributed by atoms with Crippen molar-refractivity contribution in [3.05, 3.63) is 33.8 Å². The quantitative estimate of drug-likeness (QED) is 0.239. The lowest BCUT2D eigenvalue weighted by atomic mass is 9.94. The van der Waals surface area contributed by atoms with Crippen LogP contribution >= 0.6 is 0 Å². The number of nitrogens with one attached hydrogen (secondary N) is 1. The van der Waals surface area contributed by atoms with Gasteiger partial charge in [0.2, 0.25) is 0 Å². The molecule has 0 aliphatic heterocycles. The highest BCUT2D eigenvalue weighted by atomic mass is 19.4. The Labute approximate surface area is 157 Å². The zero-order chi connectivity index (χ0) is 21.3. The predicted molar refractivity (Wildman–Crippen MR) is 85.3 cm³/mol. The van der Waals surface area contributed by atoms with Gasteiger partial charge in [0.15, 0.2) is 17.4 Å². The topological polar surface area (TPSA) is 126 Å². The highest BCUT2D eigenvalue weighted by Gasteiger charge is 2.40. The summed E-state index contributed by atoms with van der Waals surface area (Å²) in [7, 11) is 2.38. The van der Waals surface area contributed by atoms with Gasteiger partial charge in [-0.3, -0.25) is 19.7 Å². The van der Waals surface area contributed by atoms with Crippen LogP contribution in [-0.4, -0.2) is 69.6 Å². The normalized spacial score (nSPS) is 19.2. The van der Waals surface area contributed by atoms with Crippen molar-refractivity contribution < 1.29 is 46.6 Å². The van der Waals surface area contributed by atoms with Crippen molar-refractivity contribution in [1.29, 1.82) is 0 Å². The number of ether oxygens (including phenoxy) is 4. The number of nitro groups is 1. The van der Waals surface area contributed by atoms with E-state index in [2.05, 4.69) is 4.74 Å². The summed E-state index contributed by atoms with van der Waals surface area (Å²) < 4.78 is 55.8. The molecule has 10 nitrogen and oxygen atoms in total. The van der Waals surface area contributed by atoms with Crippen LogP contribution in [0.5, 0.6) is 0 Å². The lowest BCUT2D eigenvalue weighted by molar-refractivity contribution is -0.514. The molecule has 2 atom stereocenters. The van der Waals surface area contributed by atoms with E-state index in [1.54, 1.807) is 5.32 Å². The number of amides is 1. The molecule has 28 heavy (non-hydrogen) atoms. The van der Waals surface area contributed by atoms with Crippen molar-refractivity contribution in [1.82, 2.24) is 5.32 Å². The molecule has 2 unspecified atom stereocenters. The fourth-order valence-corrected chi connectivity index (χ4v) is 2.16. The van der Waals surface area contributed by atoms with Crippen LogP contribution in [0.25, 0.3) is 0 Å². The van der Waals surface area contributed by atoms with Gasteiger partial charge in [0.05, 0.1) is 27.4 Å². The molecule has 0 heterocycles. The number of nitrogens with zero attached hydrogens (tertiary/aromatic N) is 1. The summed E-state index contributed by atoms with van der Waals surface area (Å²) in [6.45, 7) is -0.722. The second-order valence-electron chi connectivity index (χ2n) is 5.31. The van der Waals surface area contributed by atoms with Gasteiger partial charge in [-0.1, -0.05) is 0 Å². The summed E-state index contributed by atoms with van der Waals surface area (Å²) in [5, 5.41) is 12.8. The first kappa shape index (κ1) is 23.2. The third-order valence-electron chi connectivity index (χ3n) is 3.48. The van der Waals surface area contributed by atoms with Crippen LogP contribution in [0.2, 0.25) is 0 Å². The Morgan fingerprint density at radius 1 is 1.18 bits per heavy atom. The Morgan fingerprint density at radius 2 is 1.86 bits per heavy atom. The van der Waals surface area contributed by atoms with Crippen LogP contribution < -0.4 is 5.32 Å². The highest BCUT2D eigenvalue weighted by molar-refractivity contribution is 5.81. The van der Waals surface area contributed by atoms with E-state index in [4.69, 9.17) is 14.2 Å². The van der Waals surface area contributed by atoms with Crippen LogP contribution in [0.15, 0.2) is 23.7 Å². The molecule has 0 saturated carbocycles. The first-order chi connectivity index (χ1) is 13.1. The average Bonchev–Trinajstić information content (AvgIpc) is 2.64. The standard InChI is InChI=1S/C15H19F3N2O8/c1-25-11-7-9(13(21)26-2)10(20(23)24)8-12(11)28-6-5-27-4-3-19-14(22)15(16,17)18/h7-10H,3-6H2,1-2H3,(H,19,22). The second-order valence-corrected chi connectivity index (χ2v) is 5.31. The fourth-order valence-electron chi connectivity index (χ4n) is 2.16. The van der Waals surface area contributed by atoms with Gasteiger partial charge in [0.1, 0.15) is 6.61 Å². The lowest BCUT2D eigenvalue weighted by Gasteiger charge is -2.22. The molecule has 158 valence electrons. The molecular weight excluding hydrogens is 393 g/mol. The van der Waals surface area contributed by atoms with Gasteiger partial charge >= 0.3 is 18.1 Å². The van der Waals surface area contributed by atoms with E-state index in [9.17, 15) is 32.9 Å². The van der Waals surface area contributed by atoms with Crippen molar-refractivity contribution in [2.75, 3.05) is 40.6 Å². The van der Waals surface area contributed by atoms with Crippen LogP contribution in [-0.2, 0) is 28.5 Å². The third kappa shape index (κ3) is 6.72. The number of alkyl halides is 3. The Kier molecular flexibility index (Phi) is 8.70. The number of esters is 1. The minimum Gasteiger partial charge on any atom is -0.493 e. The maximum absolute atomic E-state index is 12.0. The van der Waals surface area contributed by atoms with Crippen LogP contribution in [0.3, 0.4) is 0 Å². The molecule has 1 aliphatic rings. The average molecular weight is 412 g/mol. The summed E-state index contributed by atoms with van der Waals surface area (Å²) in [5.41, 5.74) is 0. The van der Waals surface area contributed by atoms with Gasteiger partial charge in [-0.15, -0.1) is 0 Å². The van der Waals surface area contributed by atoms with E-state index in [1.165, 1.54) is 13.2 Å². The number of carbonyl (C=O) groups excluding carboxylic acids is 2. The third-order valence-corrected chi connectivity index (χ3v) is 3.48. The SMILES string of the molecule is COC(=O)C1C=C(OC)C(OCCOCCNC(=O)C(F)(F)F)=CC1[N+](=O)[O-]. The molecule has 0 saturated heterocycles. The summed E-state index contributed by atoms with van der Waals surface area (Å²) >= 11 is 0. The molecule has 1 aliphatic carbocycles. The molecule has 0 spiro atoms. The van der Waals surface area contributed by atoms with E-state index in [0.29, 0.717) is 0 Å². The minimum atomic E-state index is -4.96. The monoisotopic (exact) mass is 412 g/mol. The van der Waals surface area contributed by atoms with Crippen molar-refractivity contribution in [2.45, 2.75) is 12.2 Å². The van der Waals surface area contributed by atoms with Crippen LogP contribution in [0, 0.1) is 16.0 Å². The second kappa shape index (κ2) is 10.5. The summed E-state index contributed by atoms with van der Waals surface area (Å²) in [6.07, 6.45) is -2.65. The molecular formula is C15H19F3N2O8. The molecule has 0 aromatic rings. The van der Waals surface area contributed by atoms with Gasteiger partial charge in [-0.2, -0.15) is 13.2 Å². The molecule has 13 heteroatoms. The van der Waals surface area contributed by atoms with Crippen LogP contribution in [0.1, 0.15) is 0 Å². The maximum Gasteiger partial charge on any atom is 0.471 e. The lowest BCUT2D eigenvalue weighted by Crippen LogP contribution is -2.38. The van der Waals surface area contributed by atoms with Gasteiger partial charge in [0.25, 0.3) is 6.04 Å². The zero-order valence-corrected chi connectivity index (χ0v) is 15.0. The fraction of sp³-hybridized carbons (Fsp3) is 0.600. The molecule has 1 N–H and O–H groups in total. The highest BCUT2D eigenvalue weighted by Crippen LogP contribution is 2.27. The summed E-state index contributed by atoms with van der Waals surface area (Å²) in [5.74, 6) is -3.96. The molecule has 0 fully saturated rings. The van der Waals surface area contributed by atoms with Crippen molar-refractivity contribution in [3.63, 3.8) is 0 Å². The molecule has 1 rings (SSSR count). The number of rotatable bonds is 10. The molecule has 0 radical (unpaired) electrons. The minimum absolute atomic E-state index is 0.0123. The molecule has 0 bridgehead atoms. The Balaban J connectivity index is 2.50. The van der Waals surface area contributed by atoms with E-state index in [0.717, 1.165) is 13.2 Å². The summed E-state index contributed by atoms with van der Waals surface area (Å²) in [6, 6.07) is -1.42. The van der Waals surface area contributed by atoms with Gasteiger partial charge in [-0.25, -0.2) is 0 Å². The van der Waals surface area contributed by atoms with Crippen molar-refractivity contribution in [3.8, 4) is 0 Å². The van der Waals surface area contributed by atoms with E-state index >= 15 is 0 Å². The largest absolute Gasteiger partial charge is 0.493 e. The Morgan fingerprint density at radius 3 is 2.39 bits per heavy atom. The Bertz CT molecular complexity index is 648. The number of halogens is 3. The van der Waals surface area contributed by atoms with Gasteiger partial charge < -0.3 is 24.3 Å². The Hall–Kier alpha value is -2.83. The first-order valence-electron chi connectivity index (χ1n) is 7.86. The van der Waals surface area contributed by atoms with Gasteiger partial charge in [-0.05, 0) is 6.08 Å². The predicted octanol–water partition coefficient (Wildman–Crippen LogP) is 0.560. The number of methoxy groups -OCH3 is 2.